The van der Waals surface area contributed by atoms with Gasteiger partial charge in [-0.1, -0.05) is 53.4 Å². The van der Waals surface area contributed by atoms with Crippen LogP contribution in [0.25, 0.3) is 0 Å². The summed E-state index contributed by atoms with van der Waals surface area (Å²) >= 11 is 0. The van der Waals surface area contributed by atoms with Crippen molar-refractivity contribution in [2.75, 3.05) is 26.2 Å². The summed E-state index contributed by atoms with van der Waals surface area (Å²) in [5, 5.41) is 0. The molecular weight excluding hydrogens is 238 g/mol. The lowest BCUT2D eigenvalue weighted by molar-refractivity contribution is -0.929. The van der Waals surface area contributed by atoms with Gasteiger partial charge in [0.15, 0.2) is 0 Å². The van der Waals surface area contributed by atoms with Crippen LogP contribution in [0.3, 0.4) is 0 Å². The standard InChI is InChI=1S/C16H36N.H2S/c1-5-9-13-17(14-10-6-2,15-11-7-3)16-12-8-4;/h5-16H2,1-4H3;1H2/q+1;. The zero-order chi connectivity index (χ0) is 13.0. The highest BCUT2D eigenvalue weighted by Gasteiger charge is 2.24. The van der Waals surface area contributed by atoms with Crippen molar-refractivity contribution in [3.63, 3.8) is 0 Å². The second-order valence-corrected chi connectivity index (χ2v) is 5.65. The maximum atomic E-state index is 2.33. The third kappa shape index (κ3) is 9.27. The van der Waals surface area contributed by atoms with Gasteiger partial charge in [-0.3, -0.25) is 0 Å². The second-order valence-electron chi connectivity index (χ2n) is 5.65. The summed E-state index contributed by atoms with van der Waals surface area (Å²) in [5.74, 6) is 0. The molecule has 0 saturated carbocycles. The van der Waals surface area contributed by atoms with E-state index in [0.29, 0.717) is 0 Å². The highest BCUT2D eigenvalue weighted by atomic mass is 32.1. The maximum Gasteiger partial charge on any atom is 0.0786 e. The smallest absolute Gasteiger partial charge is 0.0786 e. The normalized spacial score (nSPS) is 11.3. The Kier molecular flexibility index (Phi) is 15.7. The van der Waals surface area contributed by atoms with Crippen molar-refractivity contribution in [1.82, 2.24) is 0 Å². The molecule has 0 unspecified atom stereocenters. The van der Waals surface area contributed by atoms with Crippen molar-refractivity contribution in [1.29, 1.82) is 0 Å². The zero-order valence-electron chi connectivity index (χ0n) is 13.4. The molecule has 0 saturated heterocycles. The predicted molar refractivity (Wildman–Crippen MR) is 89.7 cm³/mol. The van der Waals surface area contributed by atoms with Crippen LogP contribution in [0.1, 0.15) is 79.1 Å². The van der Waals surface area contributed by atoms with Gasteiger partial charge in [-0.25, -0.2) is 0 Å². The molecule has 0 radical (unpaired) electrons. The van der Waals surface area contributed by atoms with Gasteiger partial charge < -0.3 is 4.48 Å². The molecule has 0 amide bonds. The summed E-state index contributed by atoms with van der Waals surface area (Å²) in [6, 6.07) is 0. The maximum absolute atomic E-state index is 2.33. The van der Waals surface area contributed by atoms with E-state index >= 15 is 0 Å². The summed E-state index contributed by atoms with van der Waals surface area (Å²) in [6.07, 6.45) is 11.1. The average molecular weight is 277 g/mol. The molecule has 0 aliphatic carbocycles. The van der Waals surface area contributed by atoms with E-state index in [1.54, 1.807) is 0 Å². The Morgan fingerprint density at radius 3 is 0.889 bits per heavy atom. The Labute approximate surface area is 123 Å². The minimum absolute atomic E-state index is 0. The van der Waals surface area contributed by atoms with Crippen molar-refractivity contribution in [2.45, 2.75) is 79.1 Å². The highest BCUT2D eigenvalue weighted by Crippen LogP contribution is 2.16. The van der Waals surface area contributed by atoms with Gasteiger partial charge in [0, 0.05) is 0 Å². The first-order valence-electron chi connectivity index (χ1n) is 8.09. The second kappa shape index (κ2) is 13.7. The SMILES string of the molecule is CCCC[N+](CCCC)(CCCC)CCCC.S. The third-order valence-electron chi connectivity index (χ3n) is 3.94. The average Bonchev–Trinajstić information content (AvgIpc) is 2.37. The minimum Gasteiger partial charge on any atom is -0.324 e. The fourth-order valence-electron chi connectivity index (χ4n) is 2.64. The van der Waals surface area contributed by atoms with Crippen LogP contribution >= 0.6 is 13.5 Å². The van der Waals surface area contributed by atoms with Crippen molar-refractivity contribution < 1.29 is 4.48 Å². The minimum atomic E-state index is 0. The van der Waals surface area contributed by atoms with Gasteiger partial charge in [-0.05, 0) is 25.7 Å². The van der Waals surface area contributed by atoms with E-state index < -0.39 is 0 Å². The van der Waals surface area contributed by atoms with Crippen LogP contribution in [0.2, 0.25) is 0 Å². The van der Waals surface area contributed by atoms with Crippen LogP contribution in [0.4, 0.5) is 0 Å². The topological polar surface area (TPSA) is 0 Å². The Morgan fingerprint density at radius 2 is 0.722 bits per heavy atom. The molecule has 18 heavy (non-hydrogen) atoms. The van der Waals surface area contributed by atoms with Crippen LogP contribution in [0.15, 0.2) is 0 Å². The molecular formula is C16H38NS+. The first-order chi connectivity index (χ1) is 8.24. The highest BCUT2D eigenvalue weighted by molar-refractivity contribution is 7.59. The first-order valence-corrected chi connectivity index (χ1v) is 8.09. The predicted octanol–water partition coefficient (Wildman–Crippen LogP) is 5.12. The molecule has 0 aliphatic heterocycles. The lowest BCUT2D eigenvalue weighted by Crippen LogP contribution is -2.50. The van der Waals surface area contributed by atoms with Gasteiger partial charge in [0.2, 0.25) is 0 Å². The summed E-state index contributed by atoms with van der Waals surface area (Å²) in [6.45, 7) is 15.0. The van der Waals surface area contributed by atoms with E-state index in [-0.39, 0.29) is 13.5 Å². The summed E-state index contributed by atoms with van der Waals surface area (Å²) in [5.41, 5.74) is 0. The van der Waals surface area contributed by atoms with Gasteiger partial charge in [0.05, 0.1) is 26.2 Å². The van der Waals surface area contributed by atoms with Crippen LogP contribution in [-0.4, -0.2) is 30.7 Å². The Balaban J connectivity index is 0. The number of nitrogens with zero attached hydrogens (tertiary/aromatic N) is 1. The van der Waals surface area contributed by atoms with Crippen LogP contribution < -0.4 is 0 Å². The molecule has 0 N–H and O–H groups in total. The summed E-state index contributed by atoms with van der Waals surface area (Å²) < 4.78 is 1.42. The fourth-order valence-corrected chi connectivity index (χ4v) is 2.64. The van der Waals surface area contributed by atoms with E-state index in [0.717, 1.165) is 0 Å². The third-order valence-corrected chi connectivity index (χ3v) is 3.94. The van der Waals surface area contributed by atoms with Crippen molar-refractivity contribution >= 4 is 13.5 Å². The molecule has 0 aromatic rings. The molecule has 2 heteroatoms. The molecule has 0 aliphatic rings. The summed E-state index contributed by atoms with van der Waals surface area (Å²) in [4.78, 5) is 0. The Morgan fingerprint density at radius 1 is 0.500 bits per heavy atom. The Bertz CT molecular complexity index is 122. The van der Waals surface area contributed by atoms with Crippen LogP contribution in [0, 0.1) is 0 Å². The molecule has 112 valence electrons. The first kappa shape index (κ1) is 20.6. The van der Waals surface area contributed by atoms with E-state index in [4.69, 9.17) is 0 Å². The van der Waals surface area contributed by atoms with Gasteiger partial charge in [-0.2, -0.15) is 13.5 Å². The number of quaternary nitrogens is 1. The molecule has 0 bridgehead atoms. The number of rotatable bonds is 12. The molecule has 0 rings (SSSR count). The summed E-state index contributed by atoms with van der Waals surface area (Å²) in [7, 11) is 0. The monoisotopic (exact) mass is 276 g/mol. The molecule has 1 nitrogen and oxygen atoms in total. The van der Waals surface area contributed by atoms with Crippen molar-refractivity contribution in [2.24, 2.45) is 0 Å². The zero-order valence-corrected chi connectivity index (χ0v) is 14.4. The van der Waals surface area contributed by atoms with Gasteiger partial charge in [0.25, 0.3) is 0 Å². The van der Waals surface area contributed by atoms with Gasteiger partial charge in [0.1, 0.15) is 0 Å². The largest absolute Gasteiger partial charge is 0.324 e. The molecule has 0 spiro atoms. The lowest BCUT2D eigenvalue weighted by atomic mass is 10.1. The van der Waals surface area contributed by atoms with E-state index in [1.165, 1.54) is 82.0 Å². The fraction of sp³-hybridized carbons (Fsp3) is 1.00. The molecule has 0 atom stereocenters. The quantitative estimate of drug-likeness (QED) is 0.434. The van der Waals surface area contributed by atoms with Crippen molar-refractivity contribution in [3.05, 3.63) is 0 Å². The van der Waals surface area contributed by atoms with Crippen molar-refractivity contribution in [3.8, 4) is 0 Å². The number of hydrogen-bond acceptors (Lipinski definition) is 0. The van der Waals surface area contributed by atoms with E-state index in [2.05, 4.69) is 27.7 Å². The molecule has 0 aromatic carbocycles. The molecule has 0 heterocycles. The number of unbranched alkanes of at least 4 members (excludes halogenated alkanes) is 4. The van der Waals surface area contributed by atoms with Crippen LogP contribution in [0.5, 0.6) is 0 Å². The Hall–Kier alpha value is 0.310. The molecule has 0 fully saturated rings. The lowest BCUT2D eigenvalue weighted by Gasteiger charge is -2.39. The van der Waals surface area contributed by atoms with Crippen LogP contribution in [-0.2, 0) is 0 Å². The molecule has 0 aromatic heterocycles. The van der Waals surface area contributed by atoms with Gasteiger partial charge >= 0.3 is 0 Å². The van der Waals surface area contributed by atoms with E-state index in [9.17, 15) is 0 Å². The van der Waals surface area contributed by atoms with E-state index in [1.807, 2.05) is 0 Å². The number of hydrogen-bond donors (Lipinski definition) is 0. The van der Waals surface area contributed by atoms with Gasteiger partial charge in [-0.15, -0.1) is 0 Å².